The Morgan fingerprint density at radius 3 is 2.94 bits per heavy atom. The molecule has 1 saturated heterocycles. The van der Waals surface area contributed by atoms with Crippen molar-refractivity contribution in [1.82, 2.24) is 24.2 Å². The highest BCUT2D eigenvalue weighted by Gasteiger charge is 2.36. The fourth-order valence-electron chi connectivity index (χ4n) is 4.78. The molecule has 4 aromatic rings. The summed E-state index contributed by atoms with van der Waals surface area (Å²) in [6.45, 7) is 4.60. The topological polar surface area (TPSA) is 91.2 Å². The van der Waals surface area contributed by atoms with E-state index >= 15 is 0 Å². The van der Waals surface area contributed by atoms with Gasteiger partial charge in [-0.3, -0.25) is 9.48 Å². The highest BCUT2D eigenvalue weighted by Crippen LogP contribution is 2.32. The predicted octanol–water partition coefficient (Wildman–Crippen LogP) is 2.88. The summed E-state index contributed by atoms with van der Waals surface area (Å²) in [7, 11) is 3.66. The Balaban J connectivity index is 1.54. The first-order valence-electron chi connectivity index (χ1n) is 11.1. The number of benzene rings is 1. The molecule has 1 aromatic carbocycles. The second-order valence-electron chi connectivity index (χ2n) is 8.53. The third kappa shape index (κ3) is 3.70. The van der Waals surface area contributed by atoms with Crippen molar-refractivity contribution in [2.24, 2.45) is 7.05 Å². The molecule has 0 unspecified atom stereocenters. The molecule has 5 rings (SSSR count). The fraction of sp³-hybridized carbons (Fsp3) is 0.269. The van der Waals surface area contributed by atoms with E-state index in [9.17, 15) is 4.79 Å². The van der Waals surface area contributed by atoms with Crippen LogP contribution in [0.3, 0.4) is 0 Å². The van der Waals surface area contributed by atoms with E-state index in [1.807, 2.05) is 30.1 Å². The van der Waals surface area contributed by atoms with Crippen molar-refractivity contribution in [2.75, 3.05) is 26.0 Å². The Morgan fingerprint density at radius 1 is 1.29 bits per heavy atom. The average Bonchev–Trinajstić information content (AvgIpc) is 3.53. The molecule has 34 heavy (non-hydrogen) atoms. The minimum absolute atomic E-state index is 0.0374. The van der Waals surface area contributed by atoms with E-state index in [1.165, 1.54) is 6.08 Å². The van der Waals surface area contributed by atoms with Crippen LogP contribution in [-0.4, -0.2) is 56.4 Å². The third-order valence-electron chi connectivity index (χ3n) is 6.42. The quantitative estimate of drug-likeness (QED) is 0.378. The number of nitrogen functional groups attached to an aromatic ring is 1. The maximum absolute atomic E-state index is 12.4. The molecular formula is C26H26N6O2. The van der Waals surface area contributed by atoms with Crippen molar-refractivity contribution in [2.45, 2.75) is 18.5 Å². The number of aromatic nitrogens is 4. The number of nitrogens with two attached hydrogens (primary N) is 1. The third-order valence-corrected chi connectivity index (χ3v) is 6.42. The normalized spacial score (nSPS) is 17.8. The molecule has 0 aliphatic carbocycles. The van der Waals surface area contributed by atoms with Crippen LogP contribution < -0.4 is 5.73 Å². The van der Waals surface area contributed by atoms with Crippen LogP contribution in [0.15, 0.2) is 55.4 Å². The lowest BCUT2D eigenvalue weighted by Crippen LogP contribution is -2.37. The fourth-order valence-corrected chi connectivity index (χ4v) is 4.78. The van der Waals surface area contributed by atoms with Gasteiger partial charge in [0, 0.05) is 49.6 Å². The molecule has 4 heterocycles. The Bertz CT molecular complexity index is 1470. The molecule has 1 fully saturated rings. The number of carbonyl (C=O) groups excluding carboxylic acids is 1. The minimum atomic E-state index is -0.112. The first-order valence-corrected chi connectivity index (χ1v) is 11.1. The molecule has 0 radical (unpaired) electrons. The zero-order valence-corrected chi connectivity index (χ0v) is 19.2. The number of hydrogen-bond acceptors (Lipinski definition) is 5. The number of nitrogens with zero attached hydrogens (tertiary/aromatic N) is 5. The van der Waals surface area contributed by atoms with Crippen molar-refractivity contribution < 1.29 is 9.53 Å². The number of methoxy groups -OCH3 is 1. The molecular weight excluding hydrogens is 428 g/mol. The van der Waals surface area contributed by atoms with Gasteiger partial charge in [0.05, 0.1) is 29.6 Å². The summed E-state index contributed by atoms with van der Waals surface area (Å²) in [6, 6.07) is 10.00. The van der Waals surface area contributed by atoms with Crippen LogP contribution in [0, 0.1) is 11.8 Å². The van der Waals surface area contributed by atoms with E-state index in [1.54, 1.807) is 18.2 Å². The first-order chi connectivity index (χ1) is 16.5. The van der Waals surface area contributed by atoms with Crippen molar-refractivity contribution in [1.29, 1.82) is 0 Å². The number of ether oxygens (including phenoxy) is 1. The summed E-state index contributed by atoms with van der Waals surface area (Å²) in [4.78, 5) is 18.5. The van der Waals surface area contributed by atoms with Gasteiger partial charge in [-0.25, -0.2) is 4.98 Å². The van der Waals surface area contributed by atoms with Crippen LogP contribution in [0.1, 0.15) is 23.7 Å². The lowest BCUT2D eigenvalue weighted by atomic mass is 10.1. The Morgan fingerprint density at radius 2 is 2.15 bits per heavy atom. The molecule has 0 spiro atoms. The SMILES string of the molecule is C=CC(=O)N1C[C@@H](n2nc(C#Cc3ccc4c(ccn4C)c3)c3c(N)nccc32)C[C@@H]1COC. The molecule has 8 nitrogen and oxygen atoms in total. The van der Waals surface area contributed by atoms with Crippen LogP contribution in [0.5, 0.6) is 0 Å². The zero-order chi connectivity index (χ0) is 23.8. The summed E-state index contributed by atoms with van der Waals surface area (Å²) in [5, 5.41) is 6.70. The number of anilines is 1. The standard InChI is InChI=1S/C26H26N6O2/c1-4-24(33)31-15-19(14-20(31)16-34-3)32-23-9-11-28-26(27)25(23)21(29-32)7-5-17-6-8-22-18(13-17)10-12-30(22)2/h4,6,8-13,19-20H,1,14-16H2,2-3H3,(H2,27,28)/t19-,20+/m0/s1. The van der Waals surface area contributed by atoms with E-state index in [0.29, 0.717) is 31.1 Å². The van der Waals surface area contributed by atoms with E-state index < -0.39 is 0 Å². The van der Waals surface area contributed by atoms with Gasteiger partial charge in [-0.05, 0) is 48.7 Å². The Labute approximate surface area is 197 Å². The molecule has 2 N–H and O–H groups in total. The van der Waals surface area contributed by atoms with Gasteiger partial charge in [-0.15, -0.1) is 0 Å². The molecule has 0 bridgehead atoms. The van der Waals surface area contributed by atoms with Gasteiger partial charge in [0.25, 0.3) is 0 Å². The second kappa shape index (κ2) is 8.69. The van der Waals surface area contributed by atoms with Gasteiger partial charge in [0.15, 0.2) is 0 Å². The summed E-state index contributed by atoms with van der Waals surface area (Å²) in [5.41, 5.74) is 9.73. The molecule has 1 amide bonds. The second-order valence-corrected chi connectivity index (χ2v) is 8.53. The predicted molar refractivity (Wildman–Crippen MR) is 132 cm³/mol. The van der Waals surface area contributed by atoms with Gasteiger partial charge in [-0.1, -0.05) is 12.5 Å². The average molecular weight is 455 g/mol. The van der Waals surface area contributed by atoms with E-state index in [2.05, 4.69) is 46.2 Å². The Hall–Kier alpha value is -4.09. The number of rotatable bonds is 4. The van der Waals surface area contributed by atoms with Gasteiger partial charge in [-0.2, -0.15) is 5.10 Å². The number of carbonyl (C=O) groups is 1. The maximum atomic E-state index is 12.4. The minimum Gasteiger partial charge on any atom is -0.383 e. The summed E-state index contributed by atoms with van der Waals surface area (Å²) in [6.07, 6.45) is 5.76. The number of likely N-dealkylation sites (tertiary alicyclic amines) is 1. The summed E-state index contributed by atoms with van der Waals surface area (Å²) >= 11 is 0. The summed E-state index contributed by atoms with van der Waals surface area (Å²) in [5.74, 6) is 6.72. The monoisotopic (exact) mass is 454 g/mol. The molecule has 1 aliphatic heterocycles. The largest absolute Gasteiger partial charge is 0.383 e. The maximum Gasteiger partial charge on any atom is 0.246 e. The number of hydrogen-bond donors (Lipinski definition) is 1. The van der Waals surface area contributed by atoms with Crippen LogP contribution in [0.25, 0.3) is 21.8 Å². The number of amides is 1. The van der Waals surface area contributed by atoms with Crippen molar-refractivity contribution in [3.63, 3.8) is 0 Å². The van der Waals surface area contributed by atoms with Crippen molar-refractivity contribution in [3.05, 3.63) is 66.6 Å². The van der Waals surface area contributed by atoms with Crippen LogP contribution >= 0.6 is 0 Å². The zero-order valence-electron chi connectivity index (χ0n) is 19.2. The van der Waals surface area contributed by atoms with Crippen molar-refractivity contribution >= 4 is 33.5 Å². The van der Waals surface area contributed by atoms with Gasteiger partial charge >= 0.3 is 0 Å². The van der Waals surface area contributed by atoms with Gasteiger partial charge in [0.1, 0.15) is 11.5 Å². The number of aryl methyl sites for hydroxylation is 1. The van der Waals surface area contributed by atoms with Crippen LogP contribution in [-0.2, 0) is 16.6 Å². The van der Waals surface area contributed by atoms with Crippen LogP contribution in [0.2, 0.25) is 0 Å². The molecule has 2 atom stereocenters. The van der Waals surface area contributed by atoms with E-state index in [0.717, 1.165) is 27.4 Å². The highest BCUT2D eigenvalue weighted by atomic mass is 16.5. The summed E-state index contributed by atoms with van der Waals surface area (Å²) < 4.78 is 9.36. The first kappa shape index (κ1) is 21.7. The number of pyridine rings is 1. The highest BCUT2D eigenvalue weighted by molar-refractivity contribution is 5.93. The van der Waals surface area contributed by atoms with Crippen LogP contribution in [0.4, 0.5) is 5.82 Å². The lowest BCUT2D eigenvalue weighted by molar-refractivity contribution is -0.127. The van der Waals surface area contributed by atoms with Gasteiger partial charge < -0.3 is 19.9 Å². The smallest absolute Gasteiger partial charge is 0.246 e. The lowest BCUT2D eigenvalue weighted by Gasteiger charge is -2.22. The molecule has 8 heteroatoms. The number of fused-ring (bicyclic) bond motifs is 2. The van der Waals surface area contributed by atoms with E-state index in [-0.39, 0.29) is 18.0 Å². The molecule has 0 saturated carbocycles. The molecule has 1 aliphatic rings. The van der Waals surface area contributed by atoms with E-state index in [4.69, 9.17) is 15.6 Å². The molecule has 172 valence electrons. The molecule has 3 aromatic heterocycles. The van der Waals surface area contributed by atoms with Gasteiger partial charge in [0.2, 0.25) is 5.91 Å². The Kier molecular flexibility index (Phi) is 5.56. The van der Waals surface area contributed by atoms with Crippen molar-refractivity contribution in [3.8, 4) is 11.8 Å².